The Morgan fingerprint density at radius 3 is 3.04 bits per heavy atom. The molecule has 1 aliphatic heterocycles. The summed E-state index contributed by atoms with van der Waals surface area (Å²) in [5, 5.41) is 9.55. The van der Waals surface area contributed by atoms with Crippen LogP contribution in [-0.2, 0) is 17.8 Å². The van der Waals surface area contributed by atoms with E-state index in [0.717, 1.165) is 44.0 Å². The van der Waals surface area contributed by atoms with Crippen molar-refractivity contribution in [2.45, 2.75) is 45.7 Å². The van der Waals surface area contributed by atoms with Crippen LogP contribution >= 0.6 is 11.3 Å². The Bertz CT molecular complexity index is 667. The van der Waals surface area contributed by atoms with Crippen LogP contribution in [0.15, 0.2) is 17.5 Å². The Morgan fingerprint density at radius 2 is 2.33 bits per heavy atom. The molecule has 1 saturated heterocycles. The van der Waals surface area contributed by atoms with Gasteiger partial charge in [-0.3, -0.25) is 9.69 Å². The van der Waals surface area contributed by atoms with Crippen LogP contribution in [0.5, 0.6) is 0 Å². The standard InChI is InChI=1S/C17H25N5OS/c1-13-19-14(2)22(20-13)11-15-5-3-9-21(15)12-17(23)18-8-7-16-6-4-10-24-16/h4,6,10,15H,3,5,7-9,11-12H2,1-2H3,(H,18,23). The second-order valence-corrected chi connectivity index (χ2v) is 7.37. The first-order valence-corrected chi connectivity index (χ1v) is 9.41. The fraction of sp³-hybridized carbons (Fsp3) is 0.588. The Balaban J connectivity index is 1.46. The summed E-state index contributed by atoms with van der Waals surface area (Å²) in [4.78, 5) is 20.2. The summed E-state index contributed by atoms with van der Waals surface area (Å²) in [6.07, 6.45) is 3.16. The SMILES string of the molecule is Cc1nc(C)n(CC2CCCN2CC(=O)NCCc2cccs2)n1. The molecule has 2 aromatic rings. The monoisotopic (exact) mass is 347 g/mol. The molecule has 0 saturated carbocycles. The van der Waals surface area contributed by atoms with Gasteiger partial charge in [0.05, 0.1) is 13.1 Å². The number of hydrogen-bond donors (Lipinski definition) is 1. The van der Waals surface area contributed by atoms with Gasteiger partial charge in [0, 0.05) is 17.5 Å². The van der Waals surface area contributed by atoms with Crippen molar-refractivity contribution in [2.24, 2.45) is 0 Å². The van der Waals surface area contributed by atoms with Gasteiger partial charge in [0.1, 0.15) is 11.6 Å². The van der Waals surface area contributed by atoms with Crippen molar-refractivity contribution in [1.82, 2.24) is 25.0 Å². The van der Waals surface area contributed by atoms with Crippen molar-refractivity contribution in [3.05, 3.63) is 34.0 Å². The summed E-state index contributed by atoms with van der Waals surface area (Å²) in [7, 11) is 0. The molecule has 1 amide bonds. The zero-order valence-corrected chi connectivity index (χ0v) is 15.2. The minimum Gasteiger partial charge on any atom is -0.355 e. The molecule has 1 N–H and O–H groups in total. The largest absolute Gasteiger partial charge is 0.355 e. The fourth-order valence-electron chi connectivity index (χ4n) is 3.26. The van der Waals surface area contributed by atoms with Crippen molar-refractivity contribution in [3.63, 3.8) is 0 Å². The van der Waals surface area contributed by atoms with E-state index >= 15 is 0 Å². The quantitative estimate of drug-likeness (QED) is 0.829. The molecule has 1 atom stereocenters. The molecule has 1 aliphatic rings. The Hall–Kier alpha value is -1.73. The molecular weight excluding hydrogens is 322 g/mol. The van der Waals surface area contributed by atoms with E-state index in [0.29, 0.717) is 19.1 Å². The molecule has 0 aliphatic carbocycles. The van der Waals surface area contributed by atoms with Gasteiger partial charge in [-0.25, -0.2) is 9.67 Å². The predicted molar refractivity (Wildman–Crippen MR) is 95.1 cm³/mol. The summed E-state index contributed by atoms with van der Waals surface area (Å²) in [5.41, 5.74) is 0. The molecule has 0 spiro atoms. The van der Waals surface area contributed by atoms with Crippen LogP contribution in [-0.4, -0.2) is 51.2 Å². The number of aromatic nitrogens is 3. The van der Waals surface area contributed by atoms with Crippen molar-refractivity contribution < 1.29 is 4.79 Å². The van der Waals surface area contributed by atoms with Crippen molar-refractivity contribution in [2.75, 3.05) is 19.6 Å². The Morgan fingerprint density at radius 1 is 1.46 bits per heavy atom. The molecule has 0 radical (unpaired) electrons. The molecule has 130 valence electrons. The van der Waals surface area contributed by atoms with Crippen LogP contribution in [0, 0.1) is 13.8 Å². The summed E-state index contributed by atoms with van der Waals surface area (Å²) in [6.45, 7) is 6.87. The summed E-state index contributed by atoms with van der Waals surface area (Å²) >= 11 is 1.74. The predicted octanol–water partition coefficient (Wildman–Crippen LogP) is 1.78. The number of rotatable bonds is 7. The van der Waals surface area contributed by atoms with Crippen LogP contribution in [0.4, 0.5) is 0 Å². The highest BCUT2D eigenvalue weighted by molar-refractivity contribution is 7.09. The van der Waals surface area contributed by atoms with E-state index in [4.69, 9.17) is 0 Å². The van der Waals surface area contributed by atoms with Crippen LogP contribution in [0.2, 0.25) is 0 Å². The molecule has 0 aromatic carbocycles. The number of amides is 1. The van der Waals surface area contributed by atoms with E-state index in [1.807, 2.05) is 24.6 Å². The number of carbonyl (C=O) groups excluding carboxylic acids is 1. The lowest BCUT2D eigenvalue weighted by atomic mass is 10.2. The highest BCUT2D eigenvalue weighted by Gasteiger charge is 2.27. The van der Waals surface area contributed by atoms with Gasteiger partial charge in [0.25, 0.3) is 0 Å². The lowest BCUT2D eigenvalue weighted by molar-refractivity contribution is -0.122. The third kappa shape index (κ3) is 4.42. The van der Waals surface area contributed by atoms with E-state index < -0.39 is 0 Å². The number of likely N-dealkylation sites (tertiary alicyclic amines) is 1. The van der Waals surface area contributed by atoms with Crippen LogP contribution in [0.3, 0.4) is 0 Å². The lowest BCUT2D eigenvalue weighted by Gasteiger charge is -2.24. The molecule has 7 heteroatoms. The Kier molecular flexibility index (Phi) is 5.63. The maximum absolute atomic E-state index is 12.2. The zero-order valence-electron chi connectivity index (χ0n) is 14.4. The van der Waals surface area contributed by atoms with Crippen molar-refractivity contribution in [3.8, 4) is 0 Å². The number of thiophene rings is 1. The van der Waals surface area contributed by atoms with Crippen LogP contribution in [0.25, 0.3) is 0 Å². The number of aryl methyl sites for hydroxylation is 2. The summed E-state index contributed by atoms with van der Waals surface area (Å²) in [5.74, 6) is 1.87. The average Bonchev–Trinajstić information content (AvgIpc) is 3.24. The average molecular weight is 347 g/mol. The van der Waals surface area contributed by atoms with Gasteiger partial charge in [-0.05, 0) is 51.1 Å². The molecule has 1 fully saturated rings. The number of nitrogens with zero attached hydrogens (tertiary/aromatic N) is 4. The summed E-state index contributed by atoms with van der Waals surface area (Å²) in [6, 6.07) is 4.52. The van der Waals surface area contributed by atoms with Gasteiger partial charge in [-0.15, -0.1) is 11.3 Å². The molecule has 24 heavy (non-hydrogen) atoms. The Labute approximate surface area is 146 Å². The van der Waals surface area contributed by atoms with Gasteiger partial charge in [-0.1, -0.05) is 6.07 Å². The smallest absolute Gasteiger partial charge is 0.234 e. The van der Waals surface area contributed by atoms with Crippen LogP contribution < -0.4 is 5.32 Å². The van der Waals surface area contributed by atoms with E-state index in [-0.39, 0.29) is 5.91 Å². The van der Waals surface area contributed by atoms with E-state index in [9.17, 15) is 4.79 Å². The van der Waals surface area contributed by atoms with E-state index in [2.05, 4.69) is 31.7 Å². The minimum absolute atomic E-state index is 0.116. The molecule has 0 bridgehead atoms. The molecule has 2 aromatic heterocycles. The minimum atomic E-state index is 0.116. The topological polar surface area (TPSA) is 63.1 Å². The molecule has 6 nitrogen and oxygen atoms in total. The number of hydrogen-bond acceptors (Lipinski definition) is 5. The van der Waals surface area contributed by atoms with Gasteiger partial charge >= 0.3 is 0 Å². The fourth-order valence-corrected chi connectivity index (χ4v) is 3.97. The van der Waals surface area contributed by atoms with Gasteiger partial charge in [0.2, 0.25) is 5.91 Å². The third-order valence-electron chi connectivity index (χ3n) is 4.47. The number of nitrogens with one attached hydrogen (secondary N) is 1. The lowest BCUT2D eigenvalue weighted by Crippen LogP contribution is -2.42. The zero-order chi connectivity index (χ0) is 16.9. The molecule has 3 heterocycles. The highest BCUT2D eigenvalue weighted by Crippen LogP contribution is 2.18. The maximum Gasteiger partial charge on any atom is 0.234 e. The van der Waals surface area contributed by atoms with Crippen molar-refractivity contribution in [1.29, 1.82) is 0 Å². The third-order valence-corrected chi connectivity index (χ3v) is 5.40. The first kappa shape index (κ1) is 17.1. The van der Waals surface area contributed by atoms with E-state index in [1.54, 1.807) is 11.3 Å². The van der Waals surface area contributed by atoms with Gasteiger partial charge in [0.15, 0.2) is 0 Å². The summed E-state index contributed by atoms with van der Waals surface area (Å²) < 4.78 is 1.97. The highest BCUT2D eigenvalue weighted by atomic mass is 32.1. The second kappa shape index (κ2) is 7.90. The normalized spacial score (nSPS) is 18.2. The van der Waals surface area contributed by atoms with E-state index in [1.165, 1.54) is 4.88 Å². The number of carbonyl (C=O) groups is 1. The molecule has 3 rings (SSSR count). The van der Waals surface area contributed by atoms with Gasteiger partial charge < -0.3 is 5.32 Å². The molecular formula is C17H25N5OS. The first-order valence-electron chi connectivity index (χ1n) is 8.53. The second-order valence-electron chi connectivity index (χ2n) is 6.33. The van der Waals surface area contributed by atoms with Crippen molar-refractivity contribution >= 4 is 17.2 Å². The molecule has 1 unspecified atom stereocenters. The van der Waals surface area contributed by atoms with Crippen LogP contribution in [0.1, 0.15) is 29.4 Å². The maximum atomic E-state index is 12.2. The van der Waals surface area contributed by atoms with Gasteiger partial charge in [-0.2, -0.15) is 5.10 Å². The first-order chi connectivity index (χ1) is 11.6.